The number of benzene rings is 1. The largest absolute Gasteiger partial charge is 0.479 e. The molecule has 0 saturated carbocycles. The van der Waals surface area contributed by atoms with E-state index in [2.05, 4.69) is 5.16 Å². The molecular formula is C18H24FNO5. The molecule has 2 rings (SSSR count). The van der Waals surface area contributed by atoms with Gasteiger partial charge >= 0.3 is 5.97 Å². The number of carbonyl (C=O) groups is 1. The van der Waals surface area contributed by atoms with Crippen LogP contribution in [0.15, 0.2) is 29.4 Å². The maximum absolute atomic E-state index is 12.9. The fourth-order valence-electron chi connectivity index (χ4n) is 2.36. The van der Waals surface area contributed by atoms with Crippen molar-refractivity contribution in [3.05, 3.63) is 35.6 Å². The molecule has 0 radical (unpaired) electrons. The van der Waals surface area contributed by atoms with Gasteiger partial charge in [0.2, 0.25) is 0 Å². The maximum atomic E-state index is 12.9. The van der Waals surface area contributed by atoms with Crippen molar-refractivity contribution in [1.82, 2.24) is 0 Å². The summed E-state index contributed by atoms with van der Waals surface area (Å²) < 4.78 is 23.8. The second kappa shape index (κ2) is 8.92. The highest BCUT2D eigenvalue weighted by molar-refractivity contribution is 5.98. The van der Waals surface area contributed by atoms with Gasteiger partial charge in [-0.2, -0.15) is 0 Å². The predicted molar refractivity (Wildman–Crippen MR) is 90.1 cm³/mol. The van der Waals surface area contributed by atoms with Crippen LogP contribution >= 0.6 is 0 Å². The Morgan fingerprint density at radius 3 is 2.72 bits per heavy atom. The van der Waals surface area contributed by atoms with Gasteiger partial charge in [-0.15, -0.1) is 0 Å². The van der Waals surface area contributed by atoms with Crippen LogP contribution in [-0.4, -0.2) is 48.3 Å². The van der Waals surface area contributed by atoms with Crippen LogP contribution in [-0.2, 0) is 19.1 Å². The van der Waals surface area contributed by atoms with E-state index >= 15 is 0 Å². The van der Waals surface area contributed by atoms with Gasteiger partial charge in [0.05, 0.1) is 25.0 Å². The highest BCUT2D eigenvalue weighted by Crippen LogP contribution is 2.21. The fraction of sp³-hybridized carbons (Fsp3) is 0.556. The quantitative estimate of drug-likeness (QED) is 0.442. The summed E-state index contributed by atoms with van der Waals surface area (Å²) in [5.41, 5.74) is 0.263. The van der Waals surface area contributed by atoms with Crippen molar-refractivity contribution in [3.8, 4) is 0 Å². The summed E-state index contributed by atoms with van der Waals surface area (Å²) in [5.74, 6) is -1.29. The predicted octanol–water partition coefficient (Wildman–Crippen LogP) is 3.00. The molecule has 6 nitrogen and oxygen atoms in total. The molecule has 0 amide bonds. The minimum absolute atomic E-state index is 0.0602. The van der Waals surface area contributed by atoms with E-state index in [0.29, 0.717) is 12.3 Å². The minimum atomic E-state index is -1.24. The van der Waals surface area contributed by atoms with Crippen molar-refractivity contribution in [3.63, 3.8) is 0 Å². The molecule has 1 aromatic rings. The van der Waals surface area contributed by atoms with E-state index in [9.17, 15) is 9.18 Å². The first-order valence-electron chi connectivity index (χ1n) is 8.32. The van der Waals surface area contributed by atoms with E-state index < -0.39 is 11.6 Å². The van der Waals surface area contributed by atoms with Crippen LogP contribution in [0.5, 0.6) is 0 Å². The summed E-state index contributed by atoms with van der Waals surface area (Å²) in [6.07, 6.45) is 2.36. The third-order valence-electron chi connectivity index (χ3n) is 4.11. The van der Waals surface area contributed by atoms with E-state index in [0.717, 1.165) is 24.8 Å². The second-order valence-corrected chi connectivity index (χ2v) is 6.29. The average Bonchev–Trinajstić information content (AvgIpc) is 2.60. The van der Waals surface area contributed by atoms with Crippen molar-refractivity contribution in [2.45, 2.75) is 44.8 Å². The number of aliphatic carboxylic acids is 1. The summed E-state index contributed by atoms with van der Waals surface area (Å²) in [7, 11) is 0. The van der Waals surface area contributed by atoms with Crippen LogP contribution in [0.1, 0.15) is 38.7 Å². The van der Waals surface area contributed by atoms with Gasteiger partial charge in [-0.3, -0.25) is 0 Å². The molecule has 1 fully saturated rings. The van der Waals surface area contributed by atoms with Crippen LogP contribution < -0.4 is 0 Å². The lowest BCUT2D eigenvalue weighted by molar-refractivity contribution is -0.205. The molecule has 25 heavy (non-hydrogen) atoms. The Bertz CT molecular complexity index is 594. The lowest BCUT2D eigenvalue weighted by Gasteiger charge is -2.34. The highest BCUT2D eigenvalue weighted by Gasteiger charge is 2.39. The Hall–Kier alpha value is -1.99. The van der Waals surface area contributed by atoms with E-state index in [1.165, 1.54) is 19.1 Å². The zero-order valence-corrected chi connectivity index (χ0v) is 14.5. The summed E-state index contributed by atoms with van der Waals surface area (Å²) in [6.45, 7) is 4.13. The first-order chi connectivity index (χ1) is 11.9. The van der Waals surface area contributed by atoms with E-state index in [-0.39, 0.29) is 25.1 Å². The standard InChI is InChI=1S/C18H24FNO5/c1-13(14-6-8-15(19)9-7-14)20-25-10-4-3-5-16-11-24-18(2,12-23-16)17(21)22/h6-9,16H,3-5,10-12H2,1-2H3,(H,21,22). The Balaban J connectivity index is 1.60. The molecule has 138 valence electrons. The van der Waals surface area contributed by atoms with Gasteiger partial charge in [0.1, 0.15) is 12.4 Å². The van der Waals surface area contributed by atoms with Crippen molar-refractivity contribution < 1.29 is 28.6 Å². The zero-order valence-electron chi connectivity index (χ0n) is 14.5. The molecule has 1 heterocycles. The van der Waals surface area contributed by atoms with Crippen LogP contribution in [0.25, 0.3) is 0 Å². The lowest BCUT2D eigenvalue weighted by atomic mass is 10.1. The molecule has 0 spiro atoms. The Morgan fingerprint density at radius 2 is 2.12 bits per heavy atom. The maximum Gasteiger partial charge on any atom is 0.338 e. The number of rotatable bonds is 8. The number of carboxylic acids is 1. The number of halogens is 1. The molecule has 1 saturated heterocycles. The van der Waals surface area contributed by atoms with Crippen molar-refractivity contribution in [2.75, 3.05) is 19.8 Å². The topological polar surface area (TPSA) is 77.4 Å². The van der Waals surface area contributed by atoms with Gasteiger partial charge in [-0.1, -0.05) is 17.3 Å². The summed E-state index contributed by atoms with van der Waals surface area (Å²) in [4.78, 5) is 16.3. The van der Waals surface area contributed by atoms with Gasteiger partial charge in [0.15, 0.2) is 5.60 Å². The molecular weight excluding hydrogens is 329 g/mol. The first-order valence-corrected chi connectivity index (χ1v) is 8.32. The minimum Gasteiger partial charge on any atom is -0.479 e. The number of oxime groups is 1. The number of nitrogens with zero attached hydrogens (tertiary/aromatic N) is 1. The van der Waals surface area contributed by atoms with E-state index in [1.807, 2.05) is 0 Å². The van der Waals surface area contributed by atoms with Crippen molar-refractivity contribution in [1.29, 1.82) is 0 Å². The van der Waals surface area contributed by atoms with Crippen molar-refractivity contribution in [2.24, 2.45) is 5.16 Å². The zero-order chi connectivity index (χ0) is 18.3. The van der Waals surface area contributed by atoms with E-state index in [1.54, 1.807) is 19.1 Å². The van der Waals surface area contributed by atoms with E-state index in [4.69, 9.17) is 19.4 Å². The Labute approximate surface area is 146 Å². The molecule has 1 aliphatic rings. The van der Waals surface area contributed by atoms with Gasteiger partial charge in [0.25, 0.3) is 0 Å². The Morgan fingerprint density at radius 1 is 1.40 bits per heavy atom. The number of ether oxygens (including phenoxy) is 2. The number of hydrogen-bond donors (Lipinski definition) is 1. The molecule has 1 aromatic carbocycles. The summed E-state index contributed by atoms with van der Waals surface area (Å²) >= 11 is 0. The fourth-order valence-corrected chi connectivity index (χ4v) is 2.36. The molecule has 1 aliphatic heterocycles. The third-order valence-corrected chi connectivity index (χ3v) is 4.11. The molecule has 2 unspecified atom stereocenters. The van der Waals surface area contributed by atoms with Crippen LogP contribution in [0.3, 0.4) is 0 Å². The summed E-state index contributed by atoms with van der Waals surface area (Å²) in [5, 5.41) is 13.1. The van der Waals surface area contributed by atoms with Gasteiger partial charge in [-0.25, -0.2) is 9.18 Å². The smallest absolute Gasteiger partial charge is 0.338 e. The molecule has 0 aromatic heterocycles. The molecule has 0 bridgehead atoms. The van der Waals surface area contributed by atoms with Crippen molar-refractivity contribution >= 4 is 11.7 Å². The van der Waals surface area contributed by atoms with Crippen LogP contribution in [0, 0.1) is 5.82 Å². The van der Waals surface area contributed by atoms with Gasteiger partial charge in [-0.05, 0) is 50.8 Å². The first kappa shape index (κ1) is 19.3. The monoisotopic (exact) mass is 353 g/mol. The number of hydrogen-bond acceptors (Lipinski definition) is 5. The molecule has 7 heteroatoms. The average molecular weight is 353 g/mol. The van der Waals surface area contributed by atoms with Gasteiger partial charge in [0, 0.05) is 0 Å². The number of carboxylic acid groups (broad SMARTS) is 1. The molecule has 2 atom stereocenters. The highest BCUT2D eigenvalue weighted by atomic mass is 19.1. The number of unbranched alkanes of at least 4 members (excludes halogenated alkanes) is 1. The van der Waals surface area contributed by atoms with Gasteiger partial charge < -0.3 is 19.4 Å². The van der Waals surface area contributed by atoms with Crippen LogP contribution in [0.4, 0.5) is 4.39 Å². The van der Waals surface area contributed by atoms with Crippen LogP contribution in [0.2, 0.25) is 0 Å². The Kier molecular flexibility index (Phi) is 6.90. The third kappa shape index (κ3) is 5.79. The molecule has 1 N–H and O–H groups in total. The molecule has 0 aliphatic carbocycles. The summed E-state index contributed by atoms with van der Waals surface area (Å²) in [6, 6.07) is 6.08. The second-order valence-electron chi connectivity index (χ2n) is 6.29. The lowest BCUT2D eigenvalue weighted by Crippen LogP contribution is -2.50. The SMILES string of the molecule is CC(=NOCCCCC1COC(C)(C(=O)O)CO1)c1ccc(F)cc1. The normalized spacial score (nSPS) is 24.1.